The van der Waals surface area contributed by atoms with E-state index in [0.29, 0.717) is 21.5 Å². The van der Waals surface area contributed by atoms with E-state index in [9.17, 15) is 4.79 Å². The van der Waals surface area contributed by atoms with Crippen molar-refractivity contribution in [3.8, 4) is 0 Å². The molecule has 0 aliphatic heterocycles. The van der Waals surface area contributed by atoms with E-state index in [1.807, 2.05) is 73.6 Å². The maximum atomic E-state index is 12.5. The van der Waals surface area contributed by atoms with Crippen LogP contribution in [0.1, 0.15) is 5.56 Å². The molecule has 132 valence electrons. The third-order valence-electron chi connectivity index (χ3n) is 4.51. The predicted molar refractivity (Wildman–Crippen MR) is 109 cm³/mol. The second-order valence-electron chi connectivity index (χ2n) is 6.51. The molecule has 7 heteroatoms. The molecule has 0 saturated carbocycles. The number of para-hydroxylation sites is 1. The minimum absolute atomic E-state index is 0.0661. The fraction of sp³-hybridized carbons (Fsp3) is 0.100. The average Bonchev–Trinajstić information content (AvgIpc) is 3.17. The lowest BCUT2D eigenvalue weighted by Crippen LogP contribution is -2.25. The predicted octanol–water partition coefficient (Wildman–Crippen LogP) is 2.47. The Bertz CT molecular complexity index is 1420. The Morgan fingerprint density at radius 1 is 1.04 bits per heavy atom. The molecule has 0 saturated heterocycles. The minimum Gasteiger partial charge on any atom is -0.378 e. The summed E-state index contributed by atoms with van der Waals surface area (Å²) in [5, 5.41) is 6.14. The van der Waals surface area contributed by atoms with Crippen LogP contribution in [0.25, 0.3) is 33.1 Å². The molecule has 0 unspecified atom stereocenters. The van der Waals surface area contributed by atoms with Crippen molar-refractivity contribution in [3.63, 3.8) is 0 Å². The van der Waals surface area contributed by atoms with E-state index < -0.39 is 0 Å². The summed E-state index contributed by atoms with van der Waals surface area (Å²) in [6.45, 7) is 0. The zero-order valence-electron chi connectivity index (χ0n) is 14.7. The normalized spacial score (nSPS) is 12.4. The number of aromatic nitrogens is 4. The maximum Gasteiger partial charge on any atom is 0.261 e. The van der Waals surface area contributed by atoms with Crippen LogP contribution in [0.3, 0.4) is 0 Å². The number of fused-ring (bicyclic) bond motifs is 4. The number of thiazole rings is 1. The van der Waals surface area contributed by atoms with Gasteiger partial charge in [-0.25, -0.2) is 9.50 Å². The van der Waals surface area contributed by atoms with Gasteiger partial charge >= 0.3 is 0 Å². The van der Waals surface area contributed by atoms with Crippen molar-refractivity contribution in [1.82, 2.24) is 19.6 Å². The summed E-state index contributed by atoms with van der Waals surface area (Å²) in [7, 11) is 3.99. The standard InChI is InChI=1S/C20H15N5OS/c1-24(2)13-9-7-12(8-10-13)11-16-19(26)27-20-22-18-17(23-25(16)20)14-5-3-4-6-15(14)21-18/h3-11H,1-2H3. The molecule has 0 bridgehead atoms. The van der Waals surface area contributed by atoms with Crippen molar-refractivity contribution in [2.45, 2.75) is 0 Å². The highest BCUT2D eigenvalue weighted by atomic mass is 32.1. The molecule has 2 aromatic carbocycles. The first kappa shape index (κ1) is 15.9. The van der Waals surface area contributed by atoms with E-state index in [1.165, 1.54) is 0 Å². The Morgan fingerprint density at radius 3 is 2.59 bits per heavy atom. The molecular weight excluding hydrogens is 358 g/mol. The minimum atomic E-state index is -0.0661. The van der Waals surface area contributed by atoms with E-state index >= 15 is 0 Å². The number of hydrogen-bond donors (Lipinski definition) is 0. The van der Waals surface area contributed by atoms with Crippen molar-refractivity contribution in [3.05, 3.63) is 69.0 Å². The zero-order valence-corrected chi connectivity index (χ0v) is 15.6. The number of rotatable bonds is 2. The summed E-state index contributed by atoms with van der Waals surface area (Å²) >= 11 is 1.09. The second kappa shape index (κ2) is 5.85. The quantitative estimate of drug-likeness (QED) is 0.476. The van der Waals surface area contributed by atoms with Gasteiger partial charge in [0.2, 0.25) is 4.96 Å². The Labute approximate surface area is 158 Å². The van der Waals surface area contributed by atoms with Crippen molar-refractivity contribution in [2.24, 2.45) is 0 Å². The largest absolute Gasteiger partial charge is 0.378 e. The molecule has 0 amide bonds. The zero-order chi connectivity index (χ0) is 18.5. The van der Waals surface area contributed by atoms with Crippen LogP contribution in [-0.2, 0) is 0 Å². The van der Waals surface area contributed by atoms with Crippen molar-refractivity contribution in [1.29, 1.82) is 0 Å². The lowest BCUT2D eigenvalue weighted by Gasteiger charge is -2.11. The number of anilines is 1. The summed E-state index contributed by atoms with van der Waals surface area (Å²) in [6.07, 6.45) is 1.85. The van der Waals surface area contributed by atoms with Crippen LogP contribution in [0.2, 0.25) is 0 Å². The van der Waals surface area contributed by atoms with Crippen LogP contribution in [0.15, 0.2) is 53.3 Å². The number of benzene rings is 2. The van der Waals surface area contributed by atoms with Gasteiger partial charge in [0, 0.05) is 25.2 Å². The molecule has 0 aliphatic rings. The molecule has 0 atom stereocenters. The lowest BCUT2D eigenvalue weighted by atomic mass is 10.2. The molecule has 27 heavy (non-hydrogen) atoms. The highest BCUT2D eigenvalue weighted by molar-refractivity contribution is 7.14. The van der Waals surface area contributed by atoms with Crippen molar-refractivity contribution < 1.29 is 0 Å². The third-order valence-corrected chi connectivity index (χ3v) is 5.36. The summed E-state index contributed by atoms with van der Waals surface area (Å²) in [5.41, 5.74) is 4.18. The molecule has 0 aliphatic carbocycles. The van der Waals surface area contributed by atoms with E-state index in [1.54, 1.807) is 4.52 Å². The van der Waals surface area contributed by atoms with Crippen LogP contribution in [-0.4, -0.2) is 33.7 Å². The Hall–Kier alpha value is -3.32. The van der Waals surface area contributed by atoms with E-state index in [2.05, 4.69) is 9.97 Å². The topological polar surface area (TPSA) is 63.4 Å². The Morgan fingerprint density at radius 2 is 1.81 bits per heavy atom. The van der Waals surface area contributed by atoms with Crippen LogP contribution < -0.4 is 15.0 Å². The summed E-state index contributed by atoms with van der Waals surface area (Å²) in [6, 6.07) is 15.8. The number of hydrogen-bond acceptors (Lipinski definition) is 6. The summed E-state index contributed by atoms with van der Waals surface area (Å²) < 4.78 is 1.56. The van der Waals surface area contributed by atoms with Crippen LogP contribution in [0.4, 0.5) is 5.69 Å². The van der Waals surface area contributed by atoms with Crippen LogP contribution >= 0.6 is 11.3 Å². The first-order chi connectivity index (χ1) is 13.1. The van der Waals surface area contributed by atoms with Gasteiger partial charge < -0.3 is 4.90 Å². The van der Waals surface area contributed by atoms with Gasteiger partial charge in [0.1, 0.15) is 10.9 Å². The second-order valence-corrected chi connectivity index (χ2v) is 7.45. The van der Waals surface area contributed by atoms with E-state index in [4.69, 9.17) is 5.10 Å². The van der Waals surface area contributed by atoms with Crippen LogP contribution in [0, 0.1) is 0 Å². The van der Waals surface area contributed by atoms with Crippen LogP contribution in [0.5, 0.6) is 0 Å². The molecule has 5 rings (SSSR count). The third kappa shape index (κ3) is 2.55. The van der Waals surface area contributed by atoms with Gasteiger partial charge in [0.05, 0.1) is 5.52 Å². The molecular formula is C20H15N5OS. The van der Waals surface area contributed by atoms with Gasteiger partial charge in [-0.2, -0.15) is 10.1 Å². The first-order valence-electron chi connectivity index (χ1n) is 8.47. The molecule has 0 fully saturated rings. The molecule has 0 N–H and O–H groups in total. The van der Waals surface area contributed by atoms with E-state index in [0.717, 1.165) is 33.5 Å². The average molecular weight is 373 g/mol. The lowest BCUT2D eigenvalue weighted by molar-refractivity contribution is 0.918. The molecule has 3 aromatic heterocycles. The molecule has 3 heterocycles. The van der Waals surface area contributed by atoms with E-state index in [-0.39, 0.29) is 4.74 Å². The van der Waals surface area contributed by atoms with Gasteiger partial charge in [-0.1, -0.05) is 41.7 Å². The van der Waals surface area contributed by atoms with Gasteiger partial charge in [0.15, 0.2) is 5.65 Å². The maximum absolute atomic E-state index is 12.5. The number of nitrogens with zero attached hydrogens (tertiary/aromatic N) is 5. The fourth-order valence-corrected chi connectivity index (χ4v) is 3.88. The SMILES string of the molecule is CN(C)c1ccc(C=c2c(=O)sc3nc4nc5ccccc5c4nn23)cc1. The first-order valence-corrected chi connectivity index (χ1v) is 9.29. The Balaban J connectivity index is 1.77. The van der Waals surface area contributed by atoms with Gasteiger partial charge in [-0.05, 0) is 29.8 Å². The monoisotopic (exact) mass is 373 g/mol. The van der Waals surface area contributed by atoms with Crippen molar-refractivity contribution in [2.75, 3.05) is 19.0 Å². The highest BCUT2D eigenvalue weighted by Gasteiger charge is 2.12. The highest BCUT2D eigenvalue weighted by Crippen LogP contribution is 2.22. The summed E-state index contributed by atoms with van der Waals surface area (Å²) in [4.78, 5) is 24.2. The molecule has 0 radical (unpaired) electrons. The smallest absolute Gasteiger partial charge is 0.261 e. The van der Waals surface area contributed by atoms with Gasteiger partial charge in [-0.15, -0.1) is 0 Å². The molecule has 0 spiro atoms. The fourth-order valence-electron chi connectivity index (χ4n) is 3.11. The molecule has 6 nitrogen and oxygen atoms in total. The van der Waals surface area contributed by atoms with Crippen molar-refractivity contribution >= 4 is 50.1 Å². The van der Waals surface area contributed by atoms with Gasteiger partial charge in [-0.3, -0.25) is 4.79 Å². The van der Waals surface area contributed by atoms with Gasteiger partial charge in [0.25, 0.3) is 4.74 Å². The molecule has 5 aromatic rings. The Kier molecular flexibility index (Phi) is 3.45. The summed E-state index contributed by atoms with van der Waals surface area (Å²) in [5.74, 6) is 0.